The van der Waals surface area contributed by atoms with E-state index in [-0.39, 0.29) is 24.1 Å². The first-order chi connectivity index (χ1) is 15.0. The number of ether oxygens (including phenoxy) is 2. The standard InChI is InChI=1S/C24H23ClN2O4/c1-3-27-21-11-10-17(25)14-19(21)24(23(27)29,15-16-7-6-8-18(13-16)30-2)31-22(28)20-9-4-5-12-26-20/h4-12,14,18H,3,13,15H2,1-2H3. The van der Waals surface area contributed by atoms with E-state index in [9.17, 15) is 9.59 Å². The van der Waals surface area contributed by atoms with Crippen LogP contribution in [0.3, 0.4) is 0 Å². The van der Waals surface area contributed by atoms with Crippen LogP contribution in [0.15, 0.2) is 66.4 Å². The van der Waals surface area contributed by atoms with Crippen molar-refractivity contribution in [3.05, 3.63) is 82.7 Å². The third-order valence-corrected chi connectivity index (χ3v) is 5.87. The number of methoxy groups -OCH3 is 1. The number of pyridine rings is 1. The molecule has 0 saturated heterocycles. The number of rotatable bonds is 6. The zero-order valence-electron chi connectivity index (χ0n) is 17.4. The quantitative estimate of drug-likeness (QED) is 0.623. The lowest BCUT2D eigenvalue weighted by Gasteiger charge is -2.31. The molecule has 2 atom stereocenters. The van der Waals surface area contributed by atoms with Crippen LogP contribution in [-0.2, 0) is 19.9 Å². The molecular weight excluding hydrogens is 416 g/mol. The molecule has 31 heavy (non-hydrogen) atoms. The Balaban J connectivity index is 1.81. The number of nitrogens with zero attached hydrogens (tertiary/aromatic N) is 2. The topological polar surface area (TPSA) is 68.7 Å². The molecule has 1 aliphatic carbocycles. The van der Waals surface area contributed by atoms with Crippen LogP contribution in [0.25, 0.3) is 0 Å². The molecule has 0 saturated carbocycles. The van der Waals surface area contributed by atoms with Gasteiger partial charge in [0.2, 0.25) is 5.60 Å². The molecule has 1 aliphatic heterocycles. The second kappa shape index (κ2) is 8.65. The highest BCUT2D eigenvalue weighted by atomic mass is 35.5. The van der Waals surface area contributed by atoms with Crippen molar-refractivity contribution >= 4 is 29.2 Å². The van der Waals surface area contributed by atoms with Crippen molar-refractivity contribution in [3.8, 4) is 0 Å². The zero-order valence-corrected chi connectivity index (χ0v) is 18.1. The van der Waals surface area contributed by atoms with E-state index >= 15 is 0 Å². The molecule has 7 heteroatoms. The van der Waals surface area contributed by atoms with Crippen LogP contribution < -0.4 is 4.90 Å². The Kier molecular flexibility index (Phi) is 5.94. The smallest absolute Gasteiger partial charge is 0.358 e. The normalized spacial score (nSPS) is 22.3. The average Bonchev–Trinajstić information content (AvgIpc) is 3.01. The van der Waals surface area contributed by atoms with Crippen molar-refractivity contribution < 1.29 is 19.1 Å². The fourth-order valence-corrected chi connectivity index (χ4v) is 4.32. The Labute approximate surface area is 186 Å². The third kappa shape index (κ3) is 3.89. The molecule has 2 aliphatic rings. The largest absolute Gasteiger partial charge is 0.439 e. The average molecular weight is 439 g/mol. The number of allylic oxidation sites excluding steroid dienone is 2. The van der Waals surface area contributed by atoms with E-state index in [4.69, 9.17) is 21.1 Å². The minimum atomic E-state index is -1.53. The Morgan fingerprint density at radius 3 is 2.87 bits per heavy atom. The maximum atomic E-state index is 13.7. The molecule has 0 N–H and O–H groups in total. The lowest BCUT2D eigenvalue weighted by Crippen LogP contribution is -2.44. The molecule has 2 unspecified atom stereocenters. The van der Waals surface area contributed by atoms with Crippen molar-refractivity contribution in [2.75, 3.05) is 18.6 Å². The number of amides is 1. The van der Waals surface area contributed by atoms with Crippen LogP contribution in [0.4, 0.5) is 5.69 Å². The summed E-state index contributed by atoms with van der Waals surface area (Å²) in [4.78, 5) is 32.5. The molecule has 1 aromatic carbocycles. The molecule has 2 heterocycles. The van der Waals surface area contributed by atoms with E-state index < -0.39 is 11.6 Å². The third-order valence-electron chi connectivity index (χ3n) is 5.63. The van der Waals surface area contributed by atoms with E-state index in [1.165, 1.54) is 6.20 Å². The number of hydrogen-bond acceptors (Lipinski definition) is 5. The SMILES string of the molecule is CCN1C(=O)C(CC2=CC=CC(OC)C2)(OC(=O)c2ccccn2)c2cc(Cl)ccc21. The van der Waals surface area contributed by atoms with Gasteiger partial charge >= 0.3 is 5.97 Å². The molecule has 1 aromatic heterocycles. The number of aromatic nitrogens is 1. The summed E-state index contributed by atoms with van der Waals surface area (Å²) in [5.41, 5.74) is 0.836. The minimum absolute atomic E-state index is 0.0962. The van der Waals surface area contributed by atoms with Crippen LogP contribution >= 0.6 is 11.6 Å². The number of likely N-dealkylation sites (N-methyl/N-ethyl adjacent to an activating group) is 1. The summed E-state index contributed by atoms with van der Waals surface area (Å²) < 4.78 is 11.5. The number of carbonyl (C=O) groups is 2. The Hall–Kier alpha value is -2.96. The molecule has 0 radical (unpaired) electrons. The Morgan fingerprint density at radius 1 is 1.32 bits per heavy atom. The lowest BCUT2D eigenvalue weighted by atomic mass is 9.84. The van der Waals surface area contributed by atoms with E-state index in [0.717, 1.165) is 5.57 Å². The van der Waals surface area contributed by atoms with Gasteiger partial charge in [-0.25, -0.2) is 9.78 Å². The first-order valence-electron chi connectivity index (χ1n) is 10.1. The highest BCUT2D eigenvalue weighted by molar-refractivity contribution is 6.31. The summed E-state index contributed by atoms with van der Waals surface area (Å²) >= 11 is 6.30. The number of benzene rings is 1. The molecule has 0 spiro atoms. The Bertz CT molecular complexity index is 1070. The monoisotopic (exact) mass is 438 g/mol. The predicted molar refractivity (Wildman–Crippen MR) is 118 cm³/mol. The fraction of sp³-hybridized carbons (Fsp3) is 0.292. The van der Waals surface area contributed by atoms with Crippen LogP contribution in [0.5, 0.6) is 0 Å². The number of anilines is 1. The van der Waals surface area contributed by atoms with Gasteiger partial charge in [0, 0.05) is 36.9 Å². The molecule has 160 valence electrons. The van der Waals surface area contributed by atoms with Gasteiger partial charge in [0.05, 0.1) is 11.8 Å². The number of hydrogen-bond donors (Lipinski definition) is 0. The van der Waals surface area contributed by atoms with Crippen LogP contribution in [-0.4, -0.2) is 36.6 Å². The lowest BCUT2D eigenvalue weighted by molar-refractivity contribution is -0.137. The zero-order chi connectivity index (χ0) is 22.0. The van der Waals surface area contributed by atoms with Gasteiger partial charge in [-0.15, -0.1) is 0 Å². The molecular formula is C24H23ClN2O4. The van der Waals surface area contributed by atoms with Gasteiger partial charge in [-0.3, -0.25) is 4.79 Å². The van der Waals surface area contributed by atoms with Gasteiger partial charge in [-0.2, -0.15) is 0 Å². The molecule has 4 rings (SSSR count). The van der Waals surface area contributed by atoms with Crippen molar-refractivity contribution in [3.63, 3.8) is 0 Å². The molecule has 0 bridgehead atoms. The van der Waals surface area contributed by atoms with E-state index in [1.807, 2.05) is 25.2 Å². The van der Waals surface area contributed by atoms with E-state index in [1.54, 1.807) is 48.4 Å². The summed E-state index contributed by atoms with van der Waals surface area (Å²) in [5.74, 6) is -0.950. The van der Waals surface area contributed by atoms with Crippen molar-refractivity contribution in [1.29, 1.82) is 0 Å². The first-order valence-corrected chi connectivity index (χ1v) is 10.5. The van der Waals surface area contributed by atoms with Crippen molar-refractivity contribution in [2.24, 2.45) is 0 Å². The van der Waals surface area contributed by atoms with Crippen molar-refractivity contribution in [1.82, 2.24) is 4.98 Å². The fourth-order valence-electron chi connectivity index (χ4n) is 4.15. The summed E-state index contributed by atoms with van der Waals surface area (Å²) in [6, 6.07) is 10.2. The predicted octanol–water partition coefficient (Wildman–Crippen LogP) is 4.45. The summed E-state index contributed by atoms with van der Waals surface area (Å²) in [5, 5.41) is 0.468. The highest BCUT2D eigenvalue weighted by Gasteiger charge is 2.54. The van der Waals surface area contributed by atoms with Gasteiger partial charge in [-0.05, 0) is 43.7 Å². The van der Waals surface area contributed by atoms with Crippen LogP contribution in [0.1, 0.15) is 35.8 Å². The number of fused-ring (bicyclic) bond motifs is 1. The second-order valence-corrected chi connectivity index (χ2v) is 7.94. The molecule has 1 amide bonds. The van der Waals surface area contributed by atoms with Crippen LogP contribution in [0, 0.1) is 0 Å². The van der Waals surface area contributed by atoms with Gasteiger partial charge in [0.1, 0.15) is 5.69 Å². The number of esters is 1. The second-order valence-electron chi connectivity index (χ2n) is 7.51. The minimum Gasteiger partial charge on any atom is -0.439 e. The summed E-state index contributed by atoms with van der Waals surface area (Å²) in [6.45, 7) is 2.33. The summed E-state index contributed by atoms with van der Waals surface area (Å²) in [7, 11) is 1.64. The van der Waals surface area contributed by atoms with E-state index in [0.29, 0.717) is 29.2 Å². The highest BCUT2D eigenvalue weighted by Crippen LogP contribution is 2.48. The number of carbonyl (C=O) groups excluding carboxylic acids is 2. The van der Waals surface area contributed by atoms with Gasteiger partial charge < -0.3 is 14.4 Å². The van der Waals surface area contributed by atoms with Gasteiger partial charge in [-0.1, -0.05) is 41.5 Å². The van der Waals surface area contributed by atoms with E-state index in [2.05, 4.69) is 4.98 Å². The molecule has 6 nitrogen and oxygen atoms in total. The van der Waals surface area contributed by atoms with Gasteiger partial charge in [0.25, 0.3) is 5.91 Å². The maximum Gasteiger partial charge on any atom is 0.358 e. The van der Waals surface area contributed by atoms with Gasteiger partial charge in [0.15, 0.2) is 0 Å². The van der Waals surface area contributed by atoms with Crippen LogP contribution in [0.2, 0.25) is 5.02 Å². The maximum absolute atomic E-state index is 13.7. The van der Waals surface area contributed by atoms with Crippen molar-refractivity contribution in [2.45, 2.75) is 31.5 Å². The summed E-state index contributed by atoms with van der Waals surface area (Å²) in [6.07, 6.45) is 8.02. The Morgan fingerprint density at radius 2 is 2.16 bits per heavy atom. The molecule has 2 aromatic rings. The number of halogens is 1. The molecule has 0 fully saturated rings. The first kappa shape index (κ1) is 21.3.